The number of hydrogen-bond acceptors (Lipinski definition) is 2. The molecule has 3 heteroatoms. The van der Waals surface area contributed by atoms with E-state index in [2.05, 4.69) is 5.32 Å². The van der Waals surface area contributed by atoms with Crippen LogP contribution in [0.2, 0.25) is 0 Å². The standard InChI is InChI=1S/C14H23NO2/c16-14(17)5-2-6-15-13-8-9-7-12(13)11-4-1-3-10(9)11/h9-13,15H,1-8H2,(H,16,17). The first-order valence-electron chi connectivity index (χ1n) is 7.21. The molecule has 0 heterocycles. The molecule has 3 nitrogen and oxygen atoms in total. The van der Waals surface area contributed by atoms with Crippen molar-refractivity contribution in [2.75, 3.05) is 6.54 Å². The second-order valence-electron chi connectivity index (χ2n) is 6.21. The van der Waals surface area contributed by atoms with Gasteiger partial charge in [-0.15, -0.1) is 0 Å². The molecule has 0 saturated heterocycles. The summed E-state index contributed by atoms with van der Waals surface area (Å²) in [6.45, 7) is 0.886. The maximum Gasteiger partial charge on any atom is 0.303 e. The van der Waals surface area contributed by atoms with Gasteiger partial charge in [0.05, 0.1) is 0 Å². The Hall–Kier alpha value is -0.570. The molecule has 2 bridgehead atoms. The molecule has 3 rings (SSSR count). The van der Waals surface area contributed by atoms with Crippen LogP contribution in [0.4, 0.5) is 0 Å². The van der Waals surface area contributed by atoms with E-state index in [-0.39, 0.29) is 0 Å². The van der Waals surface area contributed by atoms with Gasteiger partial charge in [0, 0.05) is 12.5 Å². The van der Waals surface area contributed by atoms with E-state index < -0.39 is 5.97 Å². The molecule has 5 unspecified atom stereocenters. The molecule has 0 spiro atoms. The fourth-order valence-corrected chi connectivity index (χ4v) is 4.83. The van der Waals surface area contributed by atoms with E-state index in [9.17, 15) is 4.79 Å². The molecule has 3 aliphatic rings. The van der Waals surface area contributed by atoms with Gasteiger partial charge in [-0.2, -0.15) is 0 Å². The maximum atomic E-state index is 10.4. The smallest absolute Gasteiger partial charge is 0.303 e. The van der Waals surface area contributed by atoms with Crippen LogP contribution in [-0.4, -0.2) is 23.7 Å². The third-order valence-electron chi connectivity index (χ3n) is 5.40. The van der Waals surface area contributed by atoms with Gasteiger partial charge >= 0.3 is 5.97 Å². The average Bonchev–Trinajstić information content (AvgIpc) is 2.95. The lowest BCUT2D eigenvalue weighted by Gasteiger charge is -2.32. The highest BCUT2D eigenvalue weighted by atomic mass is 16.4. The number of carboxylic acids is 1. The van der Waals surface area contributed by atoms with E-state index in [1.165, 1.54) is 32.1 Å². The van der Waals surface area contributed by atoms with Crippen molar-refractivity contribution in [2.24, 2.45) is 23.7 Å². The third kappa shape index (κ3) is 2.10. The van der Waals surface area contributed by atoms with E-state index in [1.807, 2.05) is 0 Å². The number of carbonyl (C=O) groups is 1. The fourth-order valence-electron chi connectivity index (χ4n) is 4.83. The molecule has 2 N–H and O–H groups in total. The molecule has 0 aromatic carbocycles. The summed E-state index contributed by atoms with van der Waals surface area (Å²) >= 11 is 0. The molecule has 0 amide bonds. The van der Waals surface area contributed by atoms with Crippen LogP contribution >= 0.6 is 0 Å². The predicted molar refractivity (Wildman–Crippen MR) is 65.7 cm³/mol. The van der Waals surface area contributed by atoms with Crippen LogP contribution < -0.4 is 5.32 Å². The van der Waals surface area contributed by atoms with Crippen LogP contribution in [0.1, 0.15) is 44.9 Å². The van der Waals surface area contributed by atoms with E-state index in [0.717, 1.165) is 36.6 Å². The summed E-state index contributed by atoms with van der Waals surface area (Å²) in [6.07, 6.45) is 8.28. The molecule has 5 atom stereocenters. The van der Waals surface area contributed by atoms with Crippen molar-refractivity contribution in [1.29, 1.82) is 0 Å². The second-order valence-corrected chi connectivity index (χ2v) is 6.21. The molecular weight excluding hydrogens is 214 g/mol. The van der Waals surface area contributed by atoms with Gasteiger partial charge in [0.25, 0.3) is 0 Å². The van der Waals surface area contributed by atoms with Crippen LogP contribution in [0.5, 0.6) is 0 Å². The van der Waals surface area contributed by atoms with Gasteiger partial charge in [-0.25, -0.2) is 0 Å². The fraction of sp³-hybridized carbons (Fsp3) is 0.929. The molecule has 3 saturated carbocycles. The third-order valence-corrected chi connectivity index (χ3v) is 5.40. The van der Waals surface area contributed by atoms with Gasteiger partial charge in [0.1, 0.15) is 0 Å². The summed E-state index contributed by atoms with van der Waals surface area (Å²) in [5, 5.41) is 12.2. The lowest BCUT2D eigenvalue weighted by molar-refractivity contribution is -0.137. The Morgan fingerprint density at radius 3 is 2.82 bits per heavy atom. The highest BCUT2D eigenvalue weighted by Crippen LogP contribution is 2.58. The molecule has 96 valence electrons. The summed E-state index contributed by atoms with van der Waals surface area (Å²) in [5.41, 5.74) is 0. The zero-order valence-electron chi connectivity index (χ0n) is 10.4. The molecule has 3 fully saturated rings. The minimum absolute atomic E-state index is 0.305. The summed E-state index contributed by atoms with van der Waals surface area (Å²) in [6, 6.07) is 0.702. The number of nitrogens with one attached hydrogen (secondary N) is 1. The number of hydrogen-bond donors (Lipinski definition) is 2. The topological polar surface area (TPSA) is 49.3 Å². The van der Waals surface area contributed by atoms with Crippen molar-refractivity contribution in [3.63, 3.8) is 0 Å². The van der Waals surface area contributed by atoms with Crippen molar-refractivity contribution in [3.8, 4) is 0 Å². The number of aliphatic carboxylic acids is 1. The normalized spacial score (nSPS) is 42.9. The molecule has 0 radical (unpaired) electrons. The molecular formula is C14H23NO2. The minimum Gasteiger partial charge on any atom is -0.481 e. The molecule has 0 aromatic heterocycles. The summed E-state index contributed by atoms with van der Waals surface area (Å²) in [4.78, 5) is 10.4. The van der Waals surface area contributed by atoms with Crippen LogP contribution in [0.25, 0.3) is 0 Å². The summed E-state index contributed by atoms with van der Waals surface area (Å²) < 4.78 is 0. The molecule has 0 aliphatic heterocycles. The van der Waals surface area contributed by atoms with Crippen LogP contribution in [0, 0.1) is 23.7 Å². The number of rotatable bonds is 5. The van der Waals surface area contributed by atoms with Crippen molar-refractivity contribution in [3.05, 3.63) is 0 Å². The Morgan fingerprint density at radius 2 is 2.00 bits per heavy atom. The SMILES string of the molecule is O=C(O)CCCNC1CC2CC1C1CCCC21. The minimum atomic E-state index is -0.671. The maximum absolute atomic E-state index is 10.4. The molecule has 3 aliphatic carbocycles. The Labute approximate surface area is 103 Å². The zero-order valence-corrected chi connectivity index (χ0v) is 10.4. The van der Waals surface area contributed by atoms with Gasteiger partial charge in [0.2, 0.25) is 0 Å². The largest absolute Gasteiger partial charge is 0.481 e. The number of carboxylic acid groups (broad SMARTS) is 1. The Bertz CT molecular complexity index is 305. The lowest BCUT2D eigenvalue weighted by Crippen LogP contribution is -2.39. The van der Waals surface area contributed by atoms with Gasteiger partial charge in [-0.1, -0.05) is 6.42 Å². The van der Waals surface area contributed by atoms with Gasteiger partial charge in [-0.3, -0.25) is 4.79 Å². The number of fused-ring (bicyclic) bond motifs is 5. The Kier molecular flexibility index (Phi) is 3.12. The van der Waals surface area contributed by atoms with Crippen LogP contribution in [0.3, 0.4) is 0 Å². The van der Waals surface area contributed by atoms with E-state index >= 15 is 0 Å². The monoisotopic (exact) mass is 237 g/mol. The Balaban J connectivity index is 1.46. The van der Waals surface area contributed by atoms with Crippen molar-refractivity contribution < 1.29 is 9.90 Å². The average molecular weight is 237 g/mol. The quantitative estimate of drug-likeness (QED) is 0.721. The highest BCUT2D eigenvalue weighted by Gasteiger charge is 2.53. The second kappa shape index (κ2) is 4.60. The van der Waals surface area contributed by atoms with Gasteiger partial charge in [-0.05, 0) is 62.3 Å². The van der Waals surface area contributed by atoms with E-state index in [1.54, 1.807) is 0 Å². The van der Waals surface area contributed by atoms with Crippen molar-refractivity contribution in [1.82, 2.24) is 5.32 Å². The molecule has 0 aromatic rings. The summed E-state index contributed by atoms with van der Waals surface area (Å²) in [7, 11) is 0. The lowest BCUT2D eigenvalue weighted by atomic mass is 9.79. The highest BCUT2D eigenvalue weighted by molar-refractivity contribution is 5.66. The molecule has 17 heavy (non-hydrogen) atoms. The van der Waals surface area contributed by atoms with Crippen molar-refractivity contribution in [2.45, 2.75) is 51.0 Å². The first kappa shape index (κ1) is 11.5. The first-order chi connectivity index (χ1) is 8.25. The first-order valence-corrected chi connectivity index (χ1v) is 7.21. The van der Waals surface area contributed by atoms with Crippen molar-refractivity contribution >= 4 is 5.97 Å². The van der Waals surface area contributed by atoms with Crippen LogP contribution in [0.15, 0.2) is 0 Å². The zero-order chi connectivity index (χ0) is 11.8. The van der Waals surface area contributed by atoms with Crippen LogP contribution in [-0.2, 0) is 4.79 Å². The van der Waals surface area contributed by atoms with Gasteiger partial charge < -0.3 is 10.4 Å². The predicted octanol–water partition coefficient (Wildman–Crippen LogP) is 2.27. The Morgan fingerprint density at radius 1 is 1.18 bits per heavy atom. The summed E-state index contributed by atoms with van der Waals surface area (Å²) in [5.74, 6) is 3.29. The van der Waals surface area contributed by atoms with E-state index in [4.69, 9.17) is 5.11 Å². The van der Waals surface area contributed by atoms with E-state index in [0.29, 0.717) is 12.5 Å². The van der Waals surface area contributed by atoms with Gasteiger partial charge in [0.15, 0.2) is 0 Å².